The van der Waals surface area contributed by atoms with Crippen molar-refractivity contribution in [1.29, 1.82) is 0 Å². The van der Waals surface area contributed by atoms with Gasteiger partial charge in [-0.2, -0.15) is 0 Å². The van der Waals surface area contributed by atoms with Gasteiger partial charge < -0.3 is 4.40 Å². The Balaban J connectivity index is 2.75. The maximum atomic E-state index is 4.28. The highest BCUT2D eigenvalue weighted by molar-refractivity contribution is 5.41. The molecule has 0 fully saturated rings. The summed E-state index contributed by atoms with van der Waals surface area (Å²) in [6.07, 6.45) is 3.93. The van der Waals surface area contributed by atoms with Crippen molar-refractivity contribution in [3.8, 4) is 0 Å². The van der Waals surface area contributed by atoms with E-state index in [2.05, 4.69) is 42.4 Å². The zero-order valence-corrected chi connectivity index (χ0v) is 8.28. The van der Waals surface area contributed by atoms with Crippen LogP contribution in [0, 0.1) is 0 Å². The third-order valence-corrected chi connectivity index (χ3v) is 2.19. The second-order valence-corrected chi connectivity index (χ2v) is 4.32. The number of hydrogen-bond donors (Lipinski definition) is 0. The molecule has 2 nitrogen and oxygen atoms in total. The Bertz CT molecular complexity index is 421. The molecule has 0 aromatic carbocycles. The fourth-order valence-corrected chi connectivity index (χ4v) is 1.56. The second-order valence-electron chi connectivity index (χ2n) is 4.32. The SMILES string of the molecule is CC(C)(C)c1ccnc2cccn12. The van der Waals surface area contributed by atoms with Gasteiger partial charge in [-0.3, -0.25) is 0 Å². The van der Waals surface area contributed by atoms with Gasteiger partial charge in [0.05, 0.1) is 0 Å². The number of aromatic nitrogens is 2. The van der Waals surface area contributed by atoms with Crippen LogP contribution in [0.2, 0.25) is 0 Å². The van der Waals surface area contributed by atoms with E-state index in [1.807, 2.05) is 18.3 Å². The standard InChI is InChI=1S/C11H14N2/c1-11(2,3)9-6-7-12-10-5-4-8-13(9)10/h4-8H,1-3H3. The van der Waals surface area contributed by atoms with Gasteiger partial charge in [0.2, 0.25) is 0 Å². The molecule has 2 aromatic rings. The Morgan fingerprint density at radius 1 is 1.23 bits per heavy atom. The van der Waals surface area contributed by atoms with Crippen LogP contribution >= 0.6 is 0 Å². The minimum Gasteiger partial charge on any atom is -0.305 e. The minimum absolute atomic E-state index is 0.167. The lowest BCUT2D eigenvalue weighted by atomic mass is 9.92. The molecule has 2 aromatic heterocycles. The van der Waals surface area contributed by atoms with Crippen molar-refractivity contribution >= 4 is 5.65 Å². The molecule has 0 amide bonds. The van der Waals surface area contributed by atoms with Crippen molar-refractivity contribution < 1.29 is 0 Å². The summed E-state index contributed by atoms with van der Waals surface area (Å²) in [4.78, 5) is 4.28. The normalized spacial score (nSPS) is 12.2. The number of nitrogens with zero attached hydrogens (tertiary/aromatic N) is 2. The van der Waals surface area contributed by atoms with Gasteiger partial charge in [-0.05, 0) is 18.2 Å². The van der Waals surface area contributed by atoms with Crippen LogP contribution in [-0.4, -0.2) is 9.38 Å². The number of rotatable bonds is 0. The summed E-state index contributed by atoms with van der Waals surface area (Å²) < 4.78 is 2.14. The monoisotopic (exact) mass is 174 g/mol. The molecular weight excluding hydrogens is 160 g/mol. The first-order valence-corrected chi connectivity index (χ1v) is 4.51. The molecule has 0 saturated carbocycles. The average molecular weight is 174 g/mol. The van der Waals surface area contributed by atoms with Gasteiger partial charge in [0.1, 0.15) is 5.65 Å². The summed E-state index contributed by atoms with van der Waals surface area (Å²) in [5, 5.41) is 0. The maximum absolute atomic E-state index is 4.28. The molecule has 0 aliphatic heterocycles. The van der Waals surface area contributed by atoms with Crippen LogP contribution in [0.4, 0.5) is 0 Å². The summed E-state index contributed by atoms with van der Waals surface area (Å²) >= 11 is 0. The van der Waals surface area contributed by atoms with Gasteiger partial charge in [0, 0.05) is 23.5 Å². The van der Waals surface area contributed by atoms with Crippen LogP contribution < -0.4 is 0 Å². The van der Waals surface area contributed by atoms with Gasteiger partial charge in [-0.15, -0.1) is 0 Å². The van der Waals surface area contributed by atoms with E-state index in [1.165, 1.54) is 5.69 Å². The van der Waals surface area contributed by atoms with Crippen molar-refractivity contribution in [2.45, 2.75) is 26.2 Å². The Morgan fingerprint density at radius 3 is 2.69 bits per heavy atom. The highest BCUT2D eigenvalue weighted by Gasteiger charge is 2.16. The first kappa shape index (κ1) is 8.30. The molecule has 0 bridgehead atoms. The predicted octanol–water partition coefficient (Wildman–Crippen LogP) is 2.63. The van der Waals surface area contributed by atoms with Gasteiger partial charge in [0.15, 0.2) is 0 Å². The van der Waals surface area contributed by atoms with Gasteiger partial charge in [-0.1, -0.05) is 20.8 Å². The fourth-order valence-electron chi connectivity index (χ4n) is 1.56. The predicted molar refractivity (Wildman–Crippen MR) is 53.9 cm³/mol. The minimum atomic E-state index is 0.167. The molecule has 0 unspecified atom stereocenters. The van der Waals surface area contributed by atoms with E-state index in [-0.39, 0.29) is 5.41 Å². The average Bonchev–Trinajstić information content (AvgIpc) is 2.48. The van der Waals surface area contributed by atoms with Crippen molar-refractivity contribution in [2.24, 2.45) is 0 Å². The summed E-state index contributed by atoms with van der Waals surface area (Å²) in [6.45, 7) is 6.63. The maximum Gasteiger partial charge on any atom is 0.136 e. The van der Waals surface area contributed by atoms with E-state index in [0.29, 0.717) is 0 Å². The Hall–Kier alpha value is -1.31. The Morgan fingerprint density at radius 2 is 2.00 bits per heavy atom. The Labute approximate surface area is 78.2 Å². The van der Waals surface area contributed by atoms with Gasteiger partial charge >= 0.3 is 0 Å². The van der Waals surface area contributed by atoms with E-state index in [1.54, 1.807) is 0 Å². The summed E-state index contributed by atoms with van der Waals surface area (Å²) in [5.74, 6) is 0. The molecule has 0 N–H and O–H groups in total. The van der Waals surface area contributed by atoms with E-state index < -0.39 is 0 Å². The molecule has 0 saturated heterocycles. The lowest BCUT2D eigenvalue weighted by Crippen LogP contribution is -2.15. The second kappa shape index (κ2) is 2.59. The zero-order chi connectivity index (χ0) is 9.47. The van der Waals surface area contributed by atoms with Crippen LogP contribution in [0.5, 0.6) is 0 Å². The highest BCUT2D eigenvalue weighted by Crippen LogP contribution is 2.22. The van der Waals surface area contributed by atoms with Crippen molar-refractivity contribution in [3.05, 3.63) is 36.3 Å². The summed E-state index contributed by atoms with van der Waals surface area (Å²) in [6, 6.07) is 6.12. The molecular formula is C11H14N2. The zero-order valence-electron chi connectivity index (χ0n) is 8.28. The lowest BCUT2D eigenvalue weighted by molar-refractivity contribution is 0.559. The van der Waals surface area contributed by atoms with Gasteiger partial charge in [-0.25, -0.2) is 4.98 Å². The van der Waals surface area contributed by atoms with E-state index in [4.69, 9.17) is 0 Å². The van der Waals surface area contributed by atoms with Crippen molar-refractivity contribution in [2.75, 3.05) is 0 Å². The molecule has 0 spiro atoms. The largest absolute Gasteiger partial charge is 0.305 e. The van der Waals surface area contributed by atoms with Crippen LogP contribution in [0.1, 0.15) is 26.5 Å². The number of fused-ring (bicyclic) bond motifs is 1. The molecule has 0 aliphatic rings. The van der Waals surface area contributed by atoms with Crippen molar-refractivity contribution in [1.82, 2.24) is 9.38 Å². The molecule has 2 heterocycles. The van der Waals surface area contributed by atoms with Crippen LogP contribution in [0.15, 0.2) is 30.6 Å². The third kappa shape index (κ3) is 1.32. The van der Waals surface area contributed by atoms with E-state index in [0.717, 1.165) is 5.65 Å². The number of hydrogen-bond acceptors (Lipinski definition) is 1. The smallest absolute Gasteiger partial charge is 0.136 e. The first-order chi connectivity index (χ1) is 6.09. The third-order valence-electron chi connectivity index (χ3n) is 2.19. The molecule has 2 rings (SSSR count). The quantitative estimate of drug-likeness (QED) is 0.600. The Kier molecular flexibility index (Phi) is 1.65. The van der Waals surface area contributed by atoms with Crippen molar-refractivity contribution in [3.63, 3.8) is 0 Å². The molecule has 13 heavy (non-hydrogen) atoms. The van der Waals surface area contributed by atoms with Gasteiger partial charge in [0.25, 0.3) is 0 Å². The summed E-state index contributed by atoms with van der Waals surface area (Å²) in [5.41, 5.74) is 2.48. The van der Waals surface area contributed by atoms with Crippen LogP contribution in [-0.2, 0) is 5.41 Å². The molecule has 2 heteroatoms. The topological polar surface area (TPSA) is 17.3 Å². The molecule has 0 atom stereocenters. The first-order valence-electron chi connectivity index (χ1n) is 4.51. The molecule has 68 valence electrons. The van der Waals surface area contributed by atoms with E-state index in [9.17, 15) is 0 Å². The van der Waals surface area contributed by atoms with E-state index >= 15 is 0 Å². The fraction of sp³-hybridized carbons (Fsp3) is 0.364. The van der Waals surface area contributed by atoms with Crippen LogP contribution in [0.25, 0.3) is 5.65 Å². The molecule has 0 aliphatic carbocycles. The summed E-state index contributed by atoms with van der Waals surface area (Å²) in [7, 11) is 0. The van der Waals surface area contributed by atoms with Crippen LogP contribution in [0.3, 0.4) is 0 Å². The lowest BCUT2D eigenvalue weighted by Gasteiger charge is -2.20. The highest BCUT2D eigenvalue weighted by atomic mass is 15.0. The molecule has 0 radical (unpaired) electrons.